The van der Waals surface area contributed by atoms with E-state index < -0.39 is 5.97 Å². The third kappa shape index (κ3) is 3.57. The van der Waals surface area contributed by atoms with Crippen molar-refractivity contribution in [1.29, 1.82) is 0 Å². The number of aromatic nitrogens is 1. The zero-order valence-corrected chi connectivity index (χ0v) is 12.4. The number of carboxylic acids is 1. The molecule has 0 amide bonds. The summed E-state index contributed by atoms with van der Waals surface area (Å²) >= 11 is 1.70. The topological polar surface area (TPSA) is 62.2 Å². The minimum absolute atomic E-state index is 0.177. The third-order valence-corrected chi connectivity index (χ3v) is 3.97. The molecule has 0 aromatic carbocycles. The monoisotopic (exact) mass is 290 g/mol. The number of aryl methyl sites for hydroxylation is 1. The largest absolute Gasteiger partial charge is 0.478 e. The van der Waals surface area contributed by atoms with Gasteiger partial charge in [0.05, 0.1) is 11.6 Å². The SMILES string of the molecule is CCCC(Nc1cc(C(=O)O)cc(C)n1)c1cccs1. The van der Waals surface area contributed by atoms with E-state index in [0.717, 1.165) is 12.8 Å². The van der Waals surface area contributed by atoms with Crippen LogP contribution in [0.2, 0.25) is 0 Å². The van der Waals surface area contributed by atoms with Crippen molar-refractivity contribution in [1.82, 2.24) is 4.98 Å². The zero-order chi connectivity index (χ0) is 14.5. The highest BCUT2D eigenvalue weighted by Crippen LogP contribution is 2.27. The summed E-state index contributed by atoms with van der Waals surface area (Å²) in [5, 5.41) is 14.5. The number of thiophene rings is 1. The van der Waals surface area contributed by atoms with Gasteiger partial charge in [-0.15, -0.1) is 11.3 Å². The summed E-state index contributed by atoms with van der Waals surface area (Å²) in [4.78, 5) is 16.7. The number of rotatable bonds is 6. The van der Waals surface area contributed by atoms with E-state index in [1.807, 2.05) is 11.4 Å². The van der Waals surface area contributed by atoms with E-state index in [-0.39, 0.29) is 11.6 Å². The highest BCUT2D eigenvalue weighted by Gasteiger charge is 2.14. The Balaban J connectivity index is 2.24. The summed E-state index contributed by atoms with van der Waals surface area (Å²) in [6, 6.07) is 7.46. The Hall–Kier alpha value is -1.88. The van der Waals surface area contributed by atoms with Gasteiger partial charge in [0.2, 0.25) is 0 Å². The Labute approximate surface area is 122 Å². The number of carboxylic acid groups (broad SMARTS) is 1. The van der Waals surface area contributed by atoms with Gasteiger partial charge in [0.1, 0.15) is 5.82 Å². The summed E-state index contributed by atoms with van der Waals surface area (Å²) in [7, 11) is 0. The minimum atomic E-state index is -0.929. The van der Waals surface area contributed by atoms with E-state index >= 15 is 0 Å². The number of pyridine rings is 1. The van der Waals surface area contributed by atoms with Crippen molar-refractivity contribution >= 4 is 23.1 Å². The number of anilines is 1. The molecule has 1 atom stereocenters. The number of nitrogens with one attached hydrogen (secondary N) is 1. The quantitative estimate of drug-likeness (QED) is 0.840. The molecule has 2 rings (SSSR count). The van der Waals surface area contributed by atoms with Crippen LogP contribution in [0.3, 0.4) is 0 Å². The molecular formula is C15H18N2O2S. The highest BCUT2D eigenvalue weighted by molar-refractivity contribution is 7.10. The van der Waals surface area contributed by atoms with Gasteiger partial charge < -0.3 is 10.4 Å². The van der Waals surface area contributed by atoms with Crippen LogP contribution in [0.4, 0.5) is 5.82 Å². The fraction of sp³-hybridized carbons (Fsp3) is 0.333. The molecule has 0 saturated heterocycles. The van der Waals surface area contributed by atoms with Crippen molar-refractivity contribution in [3.63, 3.8) is 0 Å². The molecule has 0 aliphatic carbocycles. The smallest absolute Gasteiger partial charge is 0.335 e. The molecule has 2 aromatic rings. The Bertz CT molecular complexity index is 582. The summed E-state index contributed by atoms with van der Waals surface area (Å²) < 4.78 is 0. The molecule has 1 unspecified atom stereocenters. The average Bonchev–Trinajstić information content (AvgIpc) is 2.91. The average molecular weight is 290 g/mol. The van der Waals surface area contributed by atoms with E-state index in [1.165, 1.54) is 4.88 Å². The lowest BCUT2D eigenvalue weighted by atomic mass is 10.1. The maximum atomic E-state index is 11.1. The Morgan fingerprint density at radius 2 is 2.30 bits per heavy atom. The Kier molecular flexibility index (Phi) is 4.74. The molecule has 0 spiro atoms. The predicted octanol–water partition coefficient (Wildman–Crippen LogP) is 4.10. The third-order valence-electron chi connectivity index (χ3n) is 2.99. The van der Waals surface area contributed by atoms with Crippen LogP contribution >= 0.6 is 11.3 Å². The van der Waals surface area contributed by atoms with Gasteiger partial charge in [-0.05, 0) is 36.9 Å². The van der Waals surface area contributed by atoms with Crippen LogP contribution in [0.5, 0.6) is 0 Å². The van der Waals surface area contributed by atoms with E-state index in [0.29, 0.717) is 11.5 Å². The van der Waals surface area contributed by atoms with Gasteiger partial charge in [-0.3, -0.25) is 0 Å². The molecule has 5 heteroatoms. The molecule has 0 fully saturated rings. The van der Waals surface area contributed by atoms with Crippen molar-refractivity contribution in [2.45, 2.75) is 32.7 Å². The van der Waals surface area contributed by atoms with Crippen molar-refractivity contribution in [3.05, 3.63) is 45.8 Å². The fourth-order valence-corrected chi connectivity index (χ4v) is 2.92. The van der Waals surface area contributed by atoms with Crippen molar-refractivity contribution in [2.24, 2.45) is 0 Å². The van der Waals surface area contributed by atoms with Crippen LogP contribution in [0.1, 0.15) is 46.7 Å². The van der Waals surface area contributed by atoms with Gasteiger partial charge in [-0.1, -0.05) is 19.4 Å². The number of aromatic carboxylic acids is 1. The molecule has 0 aliphatic heterocycles. The first-order valence-electron chi connectivity index (χ1n) is 6.62. The first-order chi connectivity index (χ1) is 9.60. The first kappa shape index (κ1) is 14.5. The van der Waals surface area contributed by atoms with Gasteiger partial charge in [0.15, 0.2) is 0 Å². The van der Waals surface area contributed by atoms with Crippen LogP contribution < -0.4 is 5.32 Å². The molecule has 2 heterocycles. The van der Waals surface area contributed by atoms with Crippen molar-refractivity contribution in [2.75, 3.05) is 5.32 Å². The molecule has 0 saturated carbocycles. The first-order valence-corrected chi connectivity index (χ1v) is 7.50. The van der Waals surface area contributed by atoms with Crippen molar-refractivity contribution < 1.29 is 9.90 Å². The van der Waals surface area contributed by atoms with E-state index in [4.69, 9.17) is 5.11 Å². The number of nitrogens with zero attached hydrogens (tertiary/aromatic N) is 1. The maximum absolute atomic E-state index is 11.1. The van der Waals surface area contributed by atoms with Crippen LogP contribution in [0.15, 0.2) is 29.6 Å². The van der Waals surface area contributed by atoms with Gasteiger partial charge in [0.25, 0.3) is 0 Å². The Morgan fingerprint density at radius 3 is 2.90 bits per heavy atom. The lowest BCUT2D eigenvalue weighted by molar-refractivity contribution is 0.0696. The summed E-state index contributed by atoms with van der Waals surface area (Å²) in [6.45, 7) is 3.94. The number of carbonyl (C=O) groups is 1. The second kappa shape index (κ2) is 6.52. The number of hydrogen-bond acceptors (Lipinski definition) is 4. The standard InChI is InChI=1S/C15H18N2O2S/c1-3-5-12(13-6-4-7-20-13)17-14-9-11(15(18)19)8-10(2)16-14/h4,6-9,12H,3,5H2,1-2H3,(H,16,17)(H,18,19). The van der Waals surface area contributed by atoms with Gasteiger partial charge in [0, 0.05) is 10.6 Å². The van der Waals surface area contributed by atoms with Crippen molar-refractivity contribution in [3.8, 4) is 0 Å². The molecule has 106 valence electrons. The minimum Gasteiger partial charge on any atom is -0.478 e. The van der Waals surface area contributed by atoms with E-state index in [9.17, 15) is 4.79 Å². The normalized spacial score (nSPS) is 12.1. The fourth-order valence-electron chi connectivity index (χ4n) is 2.11. The Morgan fingerprint density at radius 1 is 1.50 bits per heavy atom. The molecule has 2 aromatic heterocycles. The van der Waals surface area contributed by atoms with Gasteiger partial charge >= 0.3 is 5.97 Å². The molecule has 0 bridgehead atoms. The molecule has 20 heavy (non-hydrogen) atoms. The summed E-state index contributed by atoms with van der Waals surface area (Å²) in [6.07, 6.45) is 2.03. The van der Waals surface area contributed by atoms with Crippen LogP contribution in [-0.2, 0) is 0 Å². The molecule has 2 N–H and O–H groups in total. The zero-order valence-electron chi connectivity index (χ0n) is 11.6. The second-order valence-electron chi connectivity index (χ2n) is 4.69. The molecule has 4 nitrogen and oxygen atoms in total. The van der Waals surface area contributed by atoms with Gasteiger partial charge in [-0.2, -0.15) is 0 Å². The second-order valence-corrected chi connectivity index (χ2v) is 5.67. The molecule has 0 aliphatic rings. The molecule has 0 radical (unpaired) electrons. The highest BCUT2D eigenvalue weighted by atomic mass is 32.1. The van der Waals surface area contributed by atoms with Crippen LogP contribution in [0.25, 0.3) is 0 Å². The molecular weight excluding hydrogens is 272 g/mol. The predicted molar refractivity (Wildman–Crippen MR) is 81.5 cm³/mol. The van der Waals surface area contributed by atoms with E-state index in [2.05, 4.69) is 23.3 Å². The maximum Gasteiger partial charge on any atom is 0.335 e. The summed E-state index contributed by atoms with van der Waals surface area (Å²) in [5.74, 6) is -0.309. The summed E-state index contributed by atoms with van der Waals surface area (Å²) in [5.41, 5.74) is 0.968. The van der Waals surface area contributed by atoms with Gasteiger partial charge in [-0.25, -0.2) is 9.78 Å². The lowest BCUT2D eigenvalue weighted by Crippen LogP contribution is -2.11. The van der Waals surface area contributed by atoms with E-state index in [1.54, 1.807) is 30.4 Å². The lowest BCUT2D eigenvalue weighted by Gasteiger charge is -2.18. The number of hydrogen-bond donors (Lipinski definition) is 2. The van der Waals surface area contributed by atoms with Crippen LogP contribution in [0, 0.1) is 6.92 Å². The van der Waals surface area contributed by atoms with Crippen LogP contribution in [-0.4, -0.2) is 16.1 Å².